The molecule has 0 spiro atoms. The van der Waals surface area contributed by atoms with Gasteiger partial charge in [0, 0.05) is 34.8 Å². The molecule has 7 nitrogen and oxygen atoms in total. The number of Topliss-reactive ketones (excluding diaryl/α,β-unsaturated/α-hetero) is 1. The zero-order valence-electron chi connectivity index (χ0n) is 21.4. The zero-order chi connectivity index (χ0) is 25.3. The second-order valence-electron chi connectivity index (χ2n) is 11.7. The summed E-state index contributed by atoms with van der Waals surface area (Å²) < 4.78 is 22.3. The van der Waals surface area contributed by atoms with Gasteiger partial charge in [0.15, 0.2) is 0 Å². The van der Waals surface area contributed by atoms with Gasteiger partial charge in [0.25, 0.3) is 5.95 Å². The molecule has 2 heterocycles. The van der Waals surface area contributed by atoms with Crippen molar-refractivity contribution in [3.8, 4) is 0 Å². The third-order valence-corrected chi connectivity index (χ3v) is 9.85. The van der Waals surface area contributed by atoms with Gasteiger partial charge in [-0.15, -0.1) is 0 Å². The van der Waals surface area contributed by atoms with Crippen molar-refractivity contribution in [3.63, 3.8) is 0 Å². The molecule has 2 saturated carbocycles. The summed E-state index contributed by atoms with van der Waals surface area (Å²) in [4.78, 5) is 26.5. The van der Waals surface area contributed by atoms with Crippen LogP contribution in [0.1, 0.15) is 65.0 Å². The van der Waals surface area contributed by atoms with Crippen LogP contribution in [-0.2, 0) is 23.8 Å². The van der Waals surface area contributed by atoms with Gasteiger partial charge < -0.3 is 23.7 Å². The predicted octanol–water partition coefficient (Wildman–Crippen LogP) is 4.73. The lowest BCUT2D eigenvalue weighted by Gasteiger charge is -2.63. The van der Waals surface area contributed by atoms with Crippen LogP contribution in [-0.4, -0.2) is 37.2 Å². The van der Waals surface area contributed by atoms with Gasteiger partial charge in [0.05, 0.1) is 32.8 Å². The SMILES string of the molecule is COC(=O)C[C@H]1C(C)(C)[C@@H](O)[C@H]2CC3=C4C=C(OC)O[C@@H](c5ccoc5)[C@]4(C)CCC3[C@@]1(C)C2=O. The summed E-state index contributed by atoms with van der Waals surface area (Å²) in [6, 6.07) is 1.92. The number of carbonyl (C=O) groups excluding carboxylic acids is 2. The molecule has 7 atom stereocenters. The third-order valence-electron chi connectivity index (χ3n) is 9.85. The van der Waals surface area contributed by atoms with Crippen molar-refractivity contribution in [3.05, 3.63) is 47.3 Å². The maximum Gasteiger partial charge on any atom is 0.305 e. The Labute approximate surface area is 206 Å². The highest BCUT2D eigenvalue weighted by Gasteiger charge is 2.67. The molecule has 3 aliphatic carbocycles. The lowest BCUT2D eigenvalue weighted by Crippen LogP contribution is -2.66. The second-order valence-corrected chi connectivity index (χ2v) is 11.7. The first-order chi connectivity index (χ1) is 16.5. The van der Waals surface area contributed by atoms with Crippen LogP contribution in [0.15, 0.2) is 46.2 Å². The molecule has 2 bridgehead atoms. The lowest BCUT2D eigenvalue weighted by atomic mass is 9.41. The Balaban J connectivity index is 1.70. The monoisotopic (exact) mass is 484 g/mol. The Hall–Kier alpha value is -2.54. The highest BCUT2D eigenvalue weighted by molar-refractivity contribution is 5.92. The summed E-state index contributed by atoms with van der Waals surface area (Å²) in [6.45, 7) is 8.19. The molecule has 0 saturated heterocycles. The molecule has 4 aliphatic rings. The summed E-state index contributed by atoms with van der Waals surface area (Å²) in [5.74, 6) is -0.743. The molecule has 0 radical (unpaired) electrons. The number of ketones is 1. The smallest absolute Gasteiger partial charge is 0.305 e. The lowest BCUT2D eigenvalue weighted by molar-refractivity contribution is -0.185. The average Bonchev–Trinajstić information content (AvgIpc) is 3.36. The standard InChI is InChI=1S/C28H36O7/c1-26(2)20(13-21(29)32-5)28(4)18-7-9-27(3)19(16(18)11-17(23(26)30)24(28)31)12-22(33-6)35-25(27)15-8-10-34-14-15/h8,10,12,14,17-18,20,23,25,30H,7,9,11,13H2,1-6H3/t17-,18?,20+,23+,25+,27-,28-/m1/s1. The van der Waals surface area contributed by atoms with Crippen LogP contribution < -0.4 is 0 Å². The number of aliphatic hydroxyl groups excluding tert-OH is 1. The van der Waals surface area contributed by atoms with E-state index in [0.29, 0.717) is 12.4 Å². The number of hydrogen-bond donors (Lipinski definition) is 1. The number of rotatable bonds is 4. The van der Waals surface area contributed by atoms with Crippen molar-refractivity contribution in [2.75, 3.05) is 14.2 Å². The summed E-state index contributed by atoms with van der Waals surface area (Å²) >= 11 is 0. The fraction of sp³-hybridized carbons (Fsp3) is 0.643. The molecular weight excluding hydrogens is 448 g/mol. The Bertz CT molecular complexity index is 1100. The quantitative estimate of drug-likeness (QED) is 0.618. The molecule has 0 aromatic carbocycles. The summed E-state index contributed by atoms with van der Waals surface area (Å²) in [7, 11) is 2.96. The van der Waals surface area contributed by atoms with Crippen LogP contribution >= 0.6 is 0 Å². The Morgan fingerprint density at radius 1 is 1.23 bits per heavy atom. The van der Waals surface area contributed by atoms with E-state index < -0.39 is 22.9 Å². The van der Waals surface area contributed by atoms with Gasteiger partial charge in [0.1, 0.15) is 11.9 Å². The van der Waals surface area contributed by atoms with Crippen LogP contribution in [0.3, 0.4) is 0 Å². The number of esters is 1. The molecule has 1 N–H and O–H groups in total. The average molecular weight is 485 g/mol. The Kier molecular flexibility index (Phi) is 5.51. The predicted molar refractivity (Wildman–Crippen MR) is 127 cm³/mol. The van der Waals surface area contributed by atoms with Gasteiger partial charge in [-0.2, -0.15) is 0 Å². The molecule has 1 aromatic heterocycles. The van der Waals surface area contributed by atoms with Crippen molar-refractivity contribution in [2.24, 2.45) is 34.0 Å². The number of hydrogen-bond acceptors (Lipinski definition) is 7. The number of ether oxygens (including phenoxy) is 3. The molecule has 5 rings (SSSR count). The van der Waals surface area contributed by atoms with Crippen molar-refractivity contribution in [2.45, 2.75) is 65.6 Å². The van der Waals surface area contributed by atoms with E-state index in [4.69, 9.17) is 18.6 Å². The largest absolute Gasteiger partial charge is 0.472 e. The minimum absolute atomic E-state index is 0.0341. The van der Waals surface area contributed by atoms with E-state index >= 15 is 0 Å². The van der Waals surface area contributed by atoms with E-state index in [1.165, 1.54) is 12.7 Å². The zero-order valence-corrected chi connectivity index (χ0v) is 21.4. The van der Waals surface area contributed by atoms with E-state index in [9.17, 15) is 14.7 Å². The number of fused-ring (bicyclic) bond motifs is 5. The summed E-state index contributed by atoms with van der Waals surface area (Å²) in [6.07, 6.45) is 6.39. The van der Waals surface area contributed by atoms with E-state index in [1.807, 2.05) is 32.9 Å². The van der Waals surface area contributed by atoms with Crippen molar-refractivity contribution >= 4 is 11.8 Å². The van der Waals surface area contributed by atoms with E-state index in [1.54, 1.807) is 19.6 Å². The molecule has 35 heavy (non-hydrogen) atoms. The fourth-order valence-corrected chi connectivity index (χ4v) is 7.91. The van der Waals surface area contributed by atoms with Gasteiger partial charge in [0.2, 0.25) is 0 Å². The van der Waals surface area contributed by atoms with Crippen LogP contribution in [0.25, 0.3) is 0 Å². The van der Waals surface area contributed by atoms with E-state index in [2.05, 4.69) is 6.92 Å². The number of allylic oxidation sites excluding steroid dienone is 2. The van der Waals surface area contributed by atoms with Crippen molar-refractivity contribution in [1.29, 1.82) is 0 Å². The van der Waals surface area contributed by atoms with E-state index in [-0.39, 0.29) is 41.5 Å². The summed E-state index contributed by atoms with van der Waals surface area (Å²) in [5.41, 5.74) is 1.50. The minimum atomic E-state index is -0.852. The van der Waals surface area contributed by atoms with Gasteiger partial charge in [-0.25, -0.2) is 0 Å². The van der Waals surface area contributed by atoms with Gasteiger partial charge in [-0.1, -0.05) is 33.3 Å². The Morgan fingerprint density at radius 2 is 1.97 bits per heavy atom. The number of methoxy groups -OCH3 is 2. The van der Waals surface area contributed by atoms with Crippen LogP contribution in [0.5, 0.6) is 0 Å². The normalized spacial score (nSPS) is 39.7. The van der Waals surface area contributed by atoms with Crippen LogP contribution in [0.2, 0.25) is 0 Å². The first kappa shape index (κ1) is 24.2. The molecule has 7 heteroatoms. The van der Waals surface area contributed by atoms with Crippen molar-refractivity contribution < 1.29 is 33.3 Å². The van der Waals surface area contributed by atoms with Crippen LogP contribution in [0, 0.1) is 34.0 Å². The van der Waals surface area contributed by atoms with Crippen LogP contribution in [0.4, 0.5) is 0 Å². The first-order valence-electron chi connectivity index (χ1n) is 12.5. The molecule has 0 amide bonds. The topological polar surface area (TPSA) is 95.2 Å². The van der Waals surface area contributed by atoms with E-state index in [0.717, 1.165) is 24.0 Å². The first-order valence-corrected chi connectivity index (χ1v) is 12.5. The maximum absolute atomic E-state index is 14.0. The van der Waals surface area contributed by atoms with Gasteiger partial charge >= 0.3 is 5.97 Å². The maximum atomic E-state index is 14.0. The number of furan rings is 1. The molecule has 1 aliphatic heterocycles. The highest BCUT2D eigenvalue weighted by atomic mass is 16.7. The fourth-order valence-electron chi connectivity index (χ4n) is 7.91. The number of aliphatic hydroxyl groups is 1. The highest BCUT2D eigenvalue weighted by Crippen LogP contribution is 2.67. The molecule has 1 aromatic rings. The molecule has 2 fully saturated rings. The van der Waals surface area contributed by atoms with Gasteiger partial charge in [-0.05, 0) is 48.2 Å². The molecule has 1 unspecified atom stereocenters. The summed E-state index contributed by atoms with van der Waals surface area (Å²) in [5, 5.41) is 11.5. The van der Waals surface area contributed by atoms with Gasteiger partial charge in [-0.3, -0.25) is 9.59 Å². The van der Waals surface area contributed by atoms with Crippen molar-refractivity contribution in [1.82, 2.24) is 0 Å². The minimum Gasteiger partial charge on any atom is -0.472 e. The molecular formula is C28H36O7. The number of carbonyl (C=O) groups is 2. The third kappa shape index (κ3) is 3.19. The Morgan fingerprint density at radius 3 is 2.60 bits per heavy atom. The second kappa shape index (κ2) is 7.99. The molecule has 190 valence electrons.